The molecular formula is C15H21N5O4. The van der Waals surface area contributed by atoms with E-state index in [-0.39, 0.29) is 0 Å². The fourth-order valence-electron chi connectivity index (χ4n) is 2.57. The molecule has 4 atom stereocenters. The standard InChI is InChI=1S/C15H21N5O4/c1-8(2)4-5-16-12-9-13(18-6-17-12)20(7-19-9)14-10(21)11(22)15(23-3)24-14/h4,6-7,10-11,14-15,21-22H,5H2,1-3H3,(H,16,17,18)/t10-,11+,14-,15+/m1/s1. The second kappa shape index (κ2) is 6.81. The van der Waals surface area contributed by atoms with Crippen molar-refractivity contribution in [2.24, 2.45) is 0 Å². The van der Waals surface area contributed by atoms with Gasteiger partial charge in [0.05, 0.1) is 6.33 Å². The Labute approximate surface area is 139 Å². The molecule has 2 aromatic rings. The summed E-state index contributed by atoms with van der Waals surface area (Å²) < 4.78 is 12.1. The zero-order chi connectivity index (χ0) is 17.3. The first-order valence-corrected chi connectivity index (χ1v) is 7.62. The summed E-state index contributed by atoms with van der Waals surface area (Å²) in [4.78, 5) is 12.7. The Morgan fingerprint density at radius 2 is 2.12 bits per heavy atom. The zero-order valence-corrected chi connectivity index (χ0v) is 13.7. The molecule has 0 unspecified atom stereocenters. The molecule has 0 radical (unpaired) electrons. The van der Waals surface area contributed by atoms with Gasteiger partial charge in [-0.05, 0) is 13.8 Å². The van der Waals surface area contributed by atoms with E-state index in [4.69, 9.17) is 9.47 Å². The largest absolute Gasteiger partial charge is 0.385 e. The van der Waals surface area contributed by atoms with Crippen LogP contribution in [-0.2, 0) is 9.47 Å². The maximum atomic E-state index is 10.2. The van der Waals surface area contributed by atoms with Crippen LogP contribution in [0, 0.1) is 0 Å². The highest BCUT2D eigenvalue weighted by atomic mass is 16.7. The Kier molecular flexibility index (Phi) is 4.76. The van der Waals surface area contributed by atoms with E-state index in [1.165, 1.54) is 25.3 Å². The van der Waals surface area contributed by atoms with Crippen LogP contribution in [0.25, 0.3) is 11.2 Å². The Bertz CT molecular complexity index is 743. The van der Waals surface area contributed by atoms with Crippen LogP contribution in [0.15, 0.2) is 24.3 Å². The second-order valence-electron chi connectivity index (χ2n) is 5.82. The van der Waals surface area contributed by atoms with Crippen molar-refractivity contribution in [2.45, 2.75) is 38.6 Å². The van der Waals surface area contributed by atoms with Gasteiger partial charge in [0.15, 0.2) is 29.5 Å². The minimum Gasteiger partial charge on any atom is -0.385 e. The van der Waals surface area contributed by atoms with E-state index in [0.717, 1.165) is 0 Å². The van der Waals surface area contributed by atoms with E-state index in [1.807, 2.05) is 19.9 Å². The van der Waals surface area contributed by atoms with Gasteiger partial charge in [-0.15, -0.1) is 0 Å². The van der Waals surface area contributed by atoms with Crippen LogP contribution in [0.2, 0.25) is 0 Å². The number of fused-ring (bicyclic) bond motifs is 1. The molecule has 9 nitrogen and oxygen atoms in total. The van der Waals surface area contributed by atoms with Crippen molar-refractivity contribution in [2.75, 3.05) is 19.0 Å². The summed E-state index contributed by atoms with van der Waals surface area (Å²) in [6.07, 6.45) is 0.920. The van der Waals surface area contributed by atoms with Crippen LogP contribution in [0.3, 0.4) is 0 Å². The number of anilines is 1. The molecule has 3 N–H and O–H groups in total. The first-order valence-electron chi connectivity index (χ1n) is 7.62. The van der Waals surface area contributed by atoms with Crippen molar-refractivity contribution in [3.05, 3.63) is 24.3 Å². The first kappa shape index (κ1) is 16.8. The van der Waals surface area contributed by atoms with Crippen LogP contribution in [-0.4, -0.2) is 61.9 Å². The SMILES string of the molecule is CO[C@H]1O[C@@H](n2cnc3c(NCC=C(C)C)ncnc32)[C@H](O)[C@@H]1O. The van der Waals surface area contributed by atoms with E-state index >= 15 is 0 Å². The lowest BCUT2D eigenvalue weighted by Gasteiger charge is -2.16. The summed E-state index contributed by atoms with van der Waals surface area (Å²) in [5.74, 6) is 0.590. The van der Waals surface area contributed by atoms with Crippen LogP contribution in [0.5, 0.6) is 0 Å². The highest BCUT2D eigenvalue weighted by Gasteiger charge is 2.44. The quantitative estimate of drug-likeness (QED) is 0.674. The number of aliphatic hydroxyl groups is 2. The van der Waals surface area contributed by atoms with E-state index < -0.39 is 24.7 Å². The van der Waals surface area contributed by atoms with Gasteiger partial charge in [0.2, 0.25) is 0 Å². The van der Waals surface area contributed by atoms with Gasteiger partial charge < -0.3 is 25.0 Å². The Morgan fingerprint density at radius 1 is 1.33 bits per heavy atom. The monoisotopic (exact) mass is 335 g/mol. The molecule has 24 heavy (non-hydrogen) atoms. The molecule has 2 aromatic heterocycles. The molecule has 3 rings (SSSR count). The third-order valence-electron chi connectivity index (χ3n) is 3.84. The molecule has 0 saturated carbocycles. The fourth-order valence-corrected chi connectivity index (χ4v) is 2.57. The molecule has 1 aliphatic rings. The molecule has 9 heteroatoms. The number of hydrogen-bond acceptors (Lipinski definition) is 8. The fraction of sp³-hybridized carbons (Fsp3) is 0.533. The number of nitrogens with zero attached hydrogens (tertiary/aromatic N) is 4. The van der Waals surface area contributed by atoms with E-state index in [9.17, 15) is 10.2 Å². The Balaban J connectivity index is 1.90. The maximum Gasteiger partial charge on any atom is 0.188 e. The number of ether oxygens (including phenoxy) is 2. The van der Waals surface area contributed by atoms with Gasteiger partial charge in [-0.2, -0.15) is 0 Å². The van der Waals surface area contributed by atoms with Crippen molar-refractivity contribution < 1.29 is 19.7 Å². The number of allylic oxidation sites excluding steroid dienone is 1. The third-order valence-corrected chi connectivity index (χ3v) is 3.84. The summed E-state index contributed by atoms with van der Waals surface area (Å²) >= 11 is 0. The lowest BCUT2D eigenvalue weighted by Crippen LogP contribution is -2.32. The summed E-state index contributed by atoms with van der Waals surface area (Å²) in [5, 5.41) is 23.3. The second-order valence-corrected chi connectivity index (χ2v) is 5.82. The average molecular weight is 335 g/mol. The van der Waals surface area contributed by atoms with Gasteiger partial charge >= 0.3 is 0 Å². The molecule has 0 aliphatic carbocycles. The van der Waals surface area contributed by atoms with Gasteiger partial charge in [-0.3, -0.25) is 4.57 Å². The third kappa shape index (κ3) is 2.98. The topological polar surface area (TPSA) is 115 Å². The van der Waals surface area contributed by atoms with Gasteiger partial charge in [0.1, 0.15) is 18.5 Å². The normalized spacial score (nSPS) is 26.7. The van der Waals surface area contributed by atoms with Crippen molar-refractivity contribution in [3.63, 3.8) is 0 Å². The summed E-state index contributed by atoms with van der Waals surface area (Å²) in [6, 6.07) is 0. The molecule has 1 saturated heterocycles. The summed E-state index contributed by atoms with van der Waals surface area (Å²) in [5.41, 5.74) is 2.25. The highest BCUT2D eigenvalue weighted by Crippen LogP contribution is 2.32. The number of imidazole rings is 1. The van der Waals surface area contributed by atoms with Crippen LogP contribution < -0.4 is 5.32 Å². The van der Waals surface area contributed by atoms with Crippen molar-refractivity contribution >= 4 is 17.0 Å². The molecule has 0 bridgehead atoms. The van der Waals surface area contributed by atoms with Gasteiger partial charge in [-0.1, -0.05) is 11.6 Å². The molecular weight excluding hydrogens is 314 g/mol. The number of hydrogen-bond donors (Lipinski definition) is 3. The molecule has 0 aromatic carbocycles. The number of aromatic nitrogens is 4. The lowest BCUT2D eigenvalue weighted by atomic mass is 10.2. The van der Waals surface area contributed by atoms with Gasteiger partial charge in [-0.25, -0.2) is 15.0 Å². The minimum absolute atomic E-state index is 0.498. The summed E-state index contributed by atoms with van der Waals surface area (Å²) in [7, 11) is 1.41. The predicted molar refractivity (Wildman–Crippen MR) is 86.2 cm³/mol. The van der Waals surface area contributed by atoms with E-state index in [1.54, 1.807) is 4.57 Å². The molecule has 1 aliphatic heterocycles. The van der Waals surface area contributed by atoms with Gasteiger partial charge in [0.25, 0.3) is 0 Å². The molecule has 1 fully saturated rings. The van der Waals surface area contributed by atoms with E-state index in [0.29, 0.717) is 23.5 Å². The molecule has 0 spiro atoms. The Hall–Kier alpha value is -2.07. The van der Waals surface area contributed by atoms with Crippen molar-refractivity contribution in [3.8, 4) is 0 Å². The molecule has 3 heterocycles. The number of rotatable bonds is 5. The van der Waals surface area contributed by atoms with Crippen LogP contribution in [0.4, 0.5) is 5.82 Å². The van der Waals surface area contributed by atoms with Crippen LogP contribution in [0.1, 0.15) is 20.1 Å². The number of nitrogens with one attached hydrogen (secondary N) is 1. The lowest BCUT2D eigenvalue weighted by molar-refractivity contribution is -0.160. The highest BCUT2D eigenvalue weighted by molar-refractivity contribution is 5.82. The zero-order valence-electron chi connectivity index (χ0n) is 13.7. The maximum absolute atomic E-state index is 10.2. The average Bonchev–Trinajstić information content (AvgIpc) is 3.10. The smallest absolute Gasteiger partial charge is 0.188 e. The number of methoxy groups -OCH3 is 1. The van der Waals surface area contributed by atoms with Crippen LogP contribution >= 0.6 is 0 Å². The van der Waals surface area contributed by atoms with E-state index in [2.05, 4.69) is 20.3 Å². The minimum atomic E-state index is -1.15. The van der Waals surface area contributed by atoms with Crippen molar-refractivity contribution in [1.82, 2.24) is 19.5 Å². The Morgan fingerprint density at radius 3 is 2.79 bits per heavy atom. The molecule has 130 valence electrons. The molecule has 0 amide bonds. The number of aliphatic hydroxyl groups excluding tert-OH is 2. The van der Waals surface area contributed by atoms with Crippen molar-refractivity contribution in [1.29, 1.82) is 0 Å². The first-order chi connectivity index (χ1) is 11.5. The predicted octanol–water partition coefficient (Wildman–Crippen LogP) is 0.427. The summed E-state index contributed by atoms with van der Waals surface area (Å²) in [6.45, 7) is 4.65. The van der Waals surface area contributed by atoms with Gasteiger partial charge in [0, 0.05) is 13.7 Å².